The average molecular weight is 438 g/mol. The Morgan fingerprint density at radius 2 is 1.90 bits per heavy atom. The van der Waals surface area contributed by atoms with E-state index in [4.69, 9.17) is 0 Å². The first-order valence-electron chi connectivity index (χ1n) is 10.4. The molecule has 0 bridgehead atoms. The first kappa shape index (κ1) is 21.2. The summed E-state index contributed by atoms with van der Waals surface area (Å²) in [4.78, 5) is 20.5. The maximum absolute atomic E-state index is 13.0. The van der Waals surface area contributed by atoms with Gasteiger partial charge in [0.2, 0.25) is 5.91 Å². The van der Waals surface area contributed by atoms with Gasteiger partial charge in [-0.2, -0.15) is 13.2 Å². The molecular weight excluding hydrogens is 411 g/mol. The molecule has 0 saturated carbocycles. The van der Waals surface area contributed by atoms with Gasteiger partial charge in [-0.1, -0.05) is 13.0 Å². The van der Waals surface area contributed by atoms with Crippen LogP contribution in [-0.4, -0.2) is 55.0 Å². The number of anilines is 1. The number of alkyl halides is 3. The second kappa shape index (κ2) is 8.59. The predicted molar refractivity (Wildman–Crippen MR) is 113 cm³/mol. The number of carbonyl (C=O) groups is 1. The van der Waals surface area contributed by atoms with E-state index in [9.17, 15) is 18.0 Å². The fraction of sp³-hybridized carbons (Fsp3) is 0.500. The Bertz CT molecular complexity index is 890. The van der Waals surface area contributed by atoms with Gasteiger partial charge in [0, 0.05) is 43.3 Å². The molecule has 2 aliphatic heterocycles. The van der Waals surface area contributed by atoms with E-state index < -0.39 is 11.7 Å². The van der Waals surface area contributed by atoms with Crippen molar-refractivity contribution >= 4 is 22.9 Å². The molecule has 1 atom stereocenters. The van der Waals surface area contributed by atoms with Gasteiger partial charge >= 0.3 is 6.18 Å². The molecule has 1 unspecified atom stereocenters. The van der Waals surface area contributed by atoms with Gasteiger partial charge in [-0.25, -0.2) is 0 Å². The highest BCUT2D eigenvalue weighted by Crippen LogP contribution is 2.35. The molecule has 1 fully saturated rings. The predicted octanol–water partition coefficient (Wildman–Crippen LogP) is 4.42. The molecule has 8 heteroatoms. The molecule has 1 aromatic heterocycles. The van der Waals surface area contributed by atoms with Crippen molar-refractivity contribution in [2.75, 3.05) is 44.2 Å². The SMILES string of the molecule is CCC1c2ccsc2CCN1C(=O)CN1CCN(c2cccc(C(F)(F)F)c2)CC1. The highest BCUT2D eigenvalue weighted by Gasteiger charge is 2.33. The number of halogens is 3. The van der Waals surface area contributed by atoms with Crippen LogP contribution in [0.15, 0.2) is 35.7 Å². The summed E-state index contributed by atoms with van der Waals surface area (Å²) in [6, 6.07) is 7.77. The Hall–Kier alpha value is -2.06. The number of piperazine rings is 1. The summed E-state index contributed by atoms with van der Waals surface area (Å²) >= 11 is 1.77. The average Bonchev–Trinajstić information content (AvgIpc) is 3.22. The number of carbonyl (C=O) groups excluding carboxylic acids is 1. The highest BCUT2D eigenvalue weighted by molar-refractivity contribution is 7.10. The Balaban J connectivity index is 1.35. The molecule has 1 amide bonds. The van der Waals surface area contributed by atoms with E-state index in [1.807, 2.05) is 9.80 Å². The Kier molecular flexibility index (Phi) is 6.06. The number of nitrogens with zero attached hydrogens (tertiary/aromatic N) is 3. The molecule has 2 aliphatic rings. The number of fused-ring (bicyclic) bond motifs is 1. The third-order valence-corrected chi connectivity index (χ3v) is 7.07. The molecule has 4 rings (SSSR count). The minimum absolute atomic E-state index is 0.145. The summed E-state index contributed by atoms with van der Waals surface area (Å²) in [5.74, 6) is 0.145. The fourth-order valence-electron chi connectivity index (χ4n) is 4.46. The van der Waals surface area contributed by atoms with Gasteiger partial charge in [0.15, 0.2) is 0 Å². The van der Waals surface area contributed by atoms with Crippen LogP contribution in [0.4, 0.5) is 18.9 Å². The number of amides is 1. The summed E-state index contributed by atoms with van der Waals surface area (Å²) in [6.07, 6.45) is -2.52. The van der Waals surface area contributed by atoms with Crippen molar-refractivity contribution in [3.05, 3.63) is 51.7 Å². The zero-order valence-electron chi connectivity index (χ0n) is 17.0. The topological polar surface area (TPSA) is 26.8 Å². The standard InChI is InChI=1S/C22H26F3N3OS/c1-2-19-18-7-13-30-20(18)6-8-28(19)21(29)15-26-9-11-27(12-10-26)17-5-3-4-16(14-17)22(23,24)25/h3-5,7,13-14,19H,2,6,8-12,15H2,1H3. The molecule has 1 aromatic carbocycles. The second-order valence-corrected chi connectivity index (χ2v) is 8.87. The fourth-order valence-corrected chi connectivity index (χ4v) is 5.39. The van der Waals surface area contributed by atoms with E-state index in [2.05, 4.69) is 23.3 Å². The van der Waals surface area contributed by atoms with Gasteiger partial charge in [-0.3, -0.25) is 9.69 Å². The van der Waals surface area contributed by atoms with Gasteiger partial charge in [0.25, 0.3) is 0 Å². The molecule has 2 aromatic rings. The van der Waals surface area contributed by atoms with Crippen LogP contribution in [-0.2, 0) is 17.4 Å². The summed E-state index contributed by atoms with van der Waals surface area (Å²) in [6.45, 7) is 5.79. The lowest BCUT2D eigenvalue weighted by molar-refractivity contribution is -0.137. The molecule has 30 heavy (non-hydrogen) atoms. The van der Waals surface area contributed by atoms with Crippen molar-refractivity contribution in [1.82, 2.24) is 9.80 Å². The molecule has 1 saturated heterocycles. The van der Waals surface area contributed by atoms with Crippen molar-refractivity contribution in [1.29, 1.82) is 0 Å². The summed E-state index contributed by atoms with van der Waals surface area (Å²) < 4.78 is 38.9. The van der Waals surface area contributed by atoms with Gasteiger partial charge in [0.1, 0.15) is 0 Å². The molecule has 3 heterocycles. The van der Waals surface area contributed by atoms with Gasteiger partial charge in [-0.05, 0) is 48.1 Å². The first-order valence-corrected chi connectivity index (χ1v) is 11.2. The molecule has 0 N–H and O–H groups in total. The van der Waals surface area contributed by atoms with Crippen LogP contribution < -0.4 is 4.90 Å². The second-order valence-electron chi connectivity index (χ2n) is 7.87. The van der Waals surface area contributed by atoms with Gasteiger partial charge in [-0.15, -0.1) is 11.3 Å². The lowest BCUT2D eigenvalue weighted by Crippen LogP contribution is -2.51. The largest absolute Gasteiger partial charge is 0.416 e. The van der Waals surface area contributed by atoms with Crippen LogP contribution in [0.5, 0.6) is 0 Å². The Morgan fingerprint density at radius 1 is 1.13 bits per heavy atom. The van der Waals surface area contributed by atoms with Gasteiger partial charge < -0.3 is 9.80 Å². The lowest BCUT2D eigenvalue weighted by Gasteiger charge is -2.39. The van der Waals surface area contributed by atoms with Crippen LogP contribution in [0.25, 0.3) is 0 Å². The molecular formula is C22H26F3N3OS. The zero-order valence-corrected chi connectivity index (χ0v) is 17.8. The van der Waals surface area contributed by atoms with E-state index in [-0.39, 0.29) is 11.9 Å². The van der Waals surface area contributed by atoms with Crippen LogP contribution in [0.2, 0.25) is 0 Å². The van der Waals surface area contributed by atoms with E-state index in [1.165, 1.54) is 22.6 Å². The number of benzene rings is 1. The van der Waals surface area contributed by atoms with E-state index in [0.29, 0.717) is 38.4 Å². The van der Waals surface area contributed by atoms with Crippen LogP contribution >= 0.6 is 11.3 Å². The molecule has 0 radical (unpaired) electrons. The minimum Gasteiger partial charge on any atom is -0.369 e. The van der Waals surface area contributed by atoms with Gasteiger partial charge in [0.05, 0.1) is 18.2 Å². The molecule has 162 valence electrons. The van der Waals surface area contributed by atoms with Crippen molar-refractivity contribution in [3.63, 3.8) is 0 Å². The van der Waals surface area contributed by atoms with Crippen molar-refractivity contribution in [3.8, 4) is 0 Å². The third-order valence-electron chi connectivity index (χ3n) is 6.07. The maximum atomic E-state index is 13.0. The quantitative estimate of drug-likeness (QED) is 0.708. The Morgan fingerprint density at radius 3 is 2.60 bits per heavy atom. The molecule has 0 aliphatic carbocycles. The van der Waals surface area contributed by atoms with E-state index >= 15 is 0 Å². The summed E-state index contributed by atoms with van der Waals surface area (Å²) in [7, 11) is 0. The van der Waals surface area contributed by atoms with Crippen LogP contribution in [0.1, 0.15) is 35.4 Å². The maximum Gasteiger partial charge on any atom is 0.416 e. The van der Waals surface area contributed by atoms with Crippen molar-refractivity contribution in [2.45, 2.75) is 32.0 Å². The minimum atomic E-state index is -4.34. The monoisotopic (exact) mass is 437 g/mol. The lowest BCUT2D eigenvalue weighted by atomic mass is 9.97. The normalized spacial score (nSPS) is 20.3. The van der Waals surface area contributed by atoms with Crippen molar-refractivity contribution < 1.29 is 18.0 Å². The van der Waals surface area contributed by atoms with Crippen LogP contribution in [0, 0.1) is 0 Å². The first-order chi connectivity index (χ1) is 14.4. The van der Waals surface area contributed by atoms with E-state index in [0.717, 1.165) is 25.5 Å². The summed E-state index contributed by atoms with van der Waals surface area (Å²) in [5.41, 5.74) is 1.25. The zero-order chi connectivity index (χ0) is 21.3. The smallest absolute Gasteiger partial charge is 0.369 e. The third kappa shape index (κ3) is 4.34. The number of thiophene rings is 1. The number of hydrogen-bond donors (Lipinski definition) is 0. The number of hydrogen-bond acceptors (Lipinski definition) is 4. The molecule has 0 spiro atoms. The highest BCUT2D eigenvalue weighted by atomic mass is 32.1. The van der Waals surface area contributed by atoms with E-state index in [1.54, 1.807) is 17.4 Å². The van der Waals surface area contributed by atoms with Crippen molar-refractivity contribution in [2.24, 2.45) is 0 Å². The summed E-state index contributed by atoms with van der Waals surface area (Å²) in [5, 5.41) is 2.11. The number of rotatable bonds is 4. The Labute approximate surface area is 178 Å². The van der Waals surface area contributed by atoms with Crippen LogP contribution in [0.3, 0.4) is 0 Å². The molecule has 4 nitrogen and oxygen atoms in total.